The molecule has 2 rings (SSSR count). The molecule has 1 aliphatic rings. The second kappa shape index (κ2) is 11.5. The highest BCUT2D eigenvalue weighted by Gasteiger charge is 2.51. The number of aliphatic hydroxyl groups is 1. The molecule has 0 bridgehead atoms. The molecule has 0 saturated carbocycles. The van der Waals surface area contributed by atoms with Gasteiger partial charge in [0.25, 0.3) is 0 Å². The minimum Gasteiger partial charge on any atom is -0.497 e. The molecule has 7 heteroatoms. The van der Waals surface area contributed by atoms with Crippen LogP contribution in [0.15, 0.2) is 49.6 Å². The highest BCUT2D eigenvalue weighted by molar-refractivity contribution is 5.76. The van der Waals surface area contributed by atoms with Gasteiger partial charge in [0.1, 0.15) is 23.6 Å². The number of benzene rings is 1. The van der Waals surface area contributed by atoms with Crippen molar-refractivity contribution in [2.45, 2.75) is 89.7 Å². The number of carbonyl (C=O) groups is 1. The van der Waals surface area contributed by atoms with E-state index in [1.807, 2.05) is 37.3 Å². The van der Waals surface area contributed by atoms with Gasteiger partial charge < -0.3 is 24.1 Å². The molecule has 1 saturated heterocycles. The lowest BCUT2D eigenvalue weighted by molar-refractivity contribution is -0.180. The van der Waals surface area contributed by atoms with E-state index in [1.165, 1.54) is 0 Å². The van der Waals surface area contributed by atoms with Crippen molar-refractivity contribution in [1.82, 2.24) is 4.90 Å². The Labute approximate surface area is 204 Å². The Morgan fingerprint density at radius 2 is 1.85 bits per heavy atom. The lowest BCUT2D eigenvalue weighted by Crippen LogP contribution is -2.58. The fourth-order valence-electron chi connectivity index (χ4n) is 4.23. The third-order valence-corrected chi connectivity index (χ3v) is 5.77. The normalized spacial score (nSPS) is 22.6. The van der Waals surface area contributed by atoms with Gasteiger partial charge in [0, 0.05) is 12.6 Å². The maximum absolute atomic E-state index is 13.1. The zero-order valence-electron chi connectivity index (χ0n) is 21.6. The van der Waals surface area contributed by atoms with Crippen molar-refractivity contribution in [2.24, 2.45) is 0 Å². The second-order valence-electron chi connectivity index (χ2n) is 10.0. The molecule has 0 amide bonds. The fourth-order valence-corrected chi connectivity index (χ4v) is 4.23. The molecular formula is C27H41NO6. The van der Waals surface area contributed by atoms with Crippen molar-refractivity contribution in [3.63, 3.8) is 0 Å². The highest BCUT2D eigenvalue weighted by atomic mass is 16.8. The number of carbonyl (C=O) groups excluding carboxylic acids is 1. The van der Waals surface area contributed by atoms with Crippen LogP contribution in [0, 0.1) is 0 Å². The van der Waals surface area contributed by atoms with Gasteiger partial charge in [0.15, 0.2) is 11.9 Å². The summed E-state index contributed by atoms with van der Waals surface area (Å²) < 4.78 is 23.1. The number of rotatable bonds is 11. The highest BCUT2D eigenvalue weighted by Crippen LogP contribution is 2.37. The number of nitrogens with zero attached hydrogens (tertiary/aromatic N) is 1. The Hall–Kier alpha value is -2.19. The summed E-state index contributed by atoms with van der Waals surface area (Å²) in [5, 5.41) is 11.4. The Kier molecular flexibility index (Phi) is 9.48. The summed E-state index contributed by atoms with van der Waals surface area (Å²) in [6.07, 6.45) is 1.46. The molecule has 0 aromatic heterocycles. The lowest BCUT2D eigenvalue weighted by atomic mass is 9.94. The third-order valence-electron chi connectivity index (χ3n) is 5.77. The van der Waals surface area contributed by atoms with Crippen LogP contribution in [0.5, 0.6) is 5.75 Å². The number of aliphatic hydroxyl groups excluding tert-OH is 1. The topological polar surface area (TPSA) is 77.5 Å². The summed E-state index contributed by atoms with van der Waals surface area (Å²) in [5.41, 5.74) is 0.250. The SMILES string of the molecule is C=CCCN([C@H]([C@@H]1OC(C)(C)O[C@H]1C=C)[C@@H](O)C(=O)OC(C)(C)C)[C@H](C)c1ccc(OC)cc1. The molecule has 1 aliphatic heterocycles. The monoisotopic (exact) mass is 475 g/mol. The van der Waals surface area contributed by atoms with Crippen LogP contribution in [0.4, 0.5) is 0 Å². The average molecular weight is 476 g/mol. The third kappa shape index (κ3) is 7.15. The van der Waals surface area contributed by atoms with Crippen molar-refractivity contribution in [2.75, 3.05) is 13.7 Å². The summed E-state index contributed by atoms with van der Waals surface area (Å²) in [7, 11) is 1.62. The number of methoxy groups -OCH3 is 1. The molecule has 1 heterocycles. The largest absolute Gasteiger partial charge is 0.497 e. The van der Waals surface area contributed by atoms with Crippen LogP contribution in [0.1, 0.15) is 59.6 Å². The average Bonchev–Trinajstić information content (AvgIpc) is 3.08. The van der Waals surface area contributed by atoms with Crippen molar-refractivity contribution in [3.05, 3.63) is 55.1 Å². The van der Waals surface area contributed by atoms with Gasteiger partial charge in [-0.1, -0.05) is 24.3 Å². The number of esters is 1. The second-order valence-corrected chi connectivity index (χ2v) is 10.0. The van der Waals surface area contributed by atoms with Gasteiger partial charge >= 0.3 is 5.97 Å². The van der Waals surface area contributed by atoms with E-state index in [-0.39, 0.29) is 6.04 Å². The van der Waals surface area contributed by atoms with Crippen LogP contribution >= 0.6 is 0 Å². The molecule has 1 aromatic carbocycles. The van der Waals surface area contributed by atoms with E-state index in [0.29, 0.717) is 13.0 Å². The summed E-state index contributed by atoms with van der Waals surface area (Å²) in [6.45, 7) is 19.2. The molecule has 34 heavy (non-hydrogen) atoms. The minimum absolute atomic E-state index is 0.175. The van der Waals surface area contributed by atoms with E-state index >= 15 is 0 Å². The first-order valence-electron chi connectivity index (χ1n) is 11.7. The number of hydrogen-bond acceptors (Lipinski definition) is 7. The maximum atomic E-state index is 13.1. The van der Waals surface area contributed by atoms with Crippen LogP contribution < -0.4 is 4.74 Å². The molecule has 1 N–H and O–H groups in total. The van der Waals surface area contributed by atoms with E-state index in [2.05, 4.69) is 18.1 Å². The smallest absolute Gasteiger partial charge is 0.337 e. The summed E-state index contributed by atoms with van der Waals surface area (Å²) in [5.74, 6) is -0.859. The van der Waals surface area contributed by atoms with Crippen molar-refractivity contribution >= 4 is 5.97 Å². The van der Waals surface area contributed by atoms with Gasteiger partial charge in [0.2, 0.25) is 0 Å². The Morgan fingerprint density at radius 1 is 1.24 bits per heavy atom. The van der Waals surface area contributed by atoms with Crippen LogP contribution in [0.25, 0.3) is 0 Å². The lowest BCUT2D eigenvalue weighted by Gasteiger charge is -2.42. The summed E-state index contributed by atoms with van der Waals surface area (Å²) in [6, 6.07) is 6.79. The van der Waals surface area contributed by atoms with Gasteiger partial charge in [-0.25, -0.2) is 4.79 Å². The van der Waals surface area contributed by atoms with Gasteiger partial charge in [0.05, 0.1) is 13.2 Å². The van der Waals surface area contributed by atoms with E-state index in [0.717, 1.165) is 11.3 Å². The predicted octanol–water partition coefficient (Wildman–Crippen LogP) is 4.41. The molecule has 1 aromatic rings. The van der Waals surface area contributed by atoms with E-state index in [4.69, 9.17) is 18.9 Å². The maximum Gasteiger partial charge on any atom is 0.337 e. The Balaban J connectivity index is 2.54. The van der Waals surface area contributed by atoms with Crippen LogP contribution in [-0.2, 0) is 19.0 Å². The molecule has 0 aliphatic carbocycles. The first-order valence-corrected chi connectivity index (χ1v) is 11.7. The van der Waals surface area contributed by atoms with Gasteiger partial charge in [-0.05, 0) is 65.7 Å². The molecule has 190 valence electrons. The Morgan fingerprint density at radius 3 is 2.35 bits per heavy atom. The molecule has 5 atom stereocenters. The van der Waals surface area contributed by atoms with E-state index < -0.39 is 41.7 Å². The molecule has 1 fully saturated rings. The van der Waals surface area contributed by atoms with Gasteiger partial charge in [-0.15, -0.1) is 13.2 Å². The van der Waals surface area contributed by atoms with Crippen LogP contribution in [0.2, 0.25) is 0 Å². The summed E-state index contributed by atoms with van der Waals surface area (Å²) in [4.78, 5) is 15.1. The molecule has 0 spiro atoms. The quantitative estimate of drug-likeness (QED) is 0.375. The van der Waals surface area contributed by atoms with Gasteiger partial charge in [-0.3, -0.25) is 4.90 Å². The first kappa shape index (κ1) is 28.1. The Bertz CT molecular complexity index is 829. The van der Waals surface area contributed by atoms with Crippen LogP contribution in [0.3, 0.4) is 0 Å². The number of hydrogen-bond donors (Lipinski definition) is 1. The fraction of sp³-hybridized carbons (Fsp3) is 0.593. The zero-order chi connectivity index (χ0) is 25.7. The molecule has 0 unspecified atom stereocenters. The van der Waals surface area contributed by atoms with Crippen LogP contribution in [-0.4, -0.2) is 65.4 Å². The summed E-state index contributed by atoms with van der Waals surface area (Å²) >= 11 is 0. The van der Waals surface area contributed by atoms with Crippen molar-refractivity contribution < 1.29 is 28.8 Å². The standard InChI is InChI=1S/C27H41NO6/c1-10-12-17-28(18(3)19-13-15-20(31-9)16-14-19)22(23(29)25(30)34-26(4,5)6)24-21(11-2)32-27(7,8)33-24/h10-11,13-16,18,21-24,29H,1-2,12,17H2,3-9H3/t18-,21+,22+,23-,24-/m1/s1. The zero-order valence-corrected chi connectivity index (χ0v) is 21.6. The van der Waals surface area contributed by atoms with E-state index in [9.17, 15) is 9.90 Å². The first-order chi connectivity index (χ1) is 15.8. The molecule has 0 radical (unpaired) electrons. The number of ether oxygens (including phenoxy) is 4. The predicted molar refractivity (Wildman–Crippen MR) is 133 cm³/mol. The molecular weight excluding hydrogens is 434 g/mol. The van der Waals surface area contributed by atoms with E-state index in [1.54, 1.807) is 47.8 Å². The minimum atomic E-state index is -1.48. The van der Waals surface area contributed by atoms with Crippen molar-refractivity contribution in [3.8, 4) is 5.75 Å². The van der Waals surface area contributed by atoms with Gasteiger partial charge in [-0.2, -0.15) is 0 Å². The van der Waals surface area contributed by atoms with Crippen molar-refractivity contribution in [1.29, 1.82) is 0 Å². The molecule has 7 nitrogen and oxygen atoms in total.